The van der Waals surface area contributed by atoms with Crippen LogP contribution in [0.4, 0.5) is 0 Å². The molecule has 1 aromatic carbocycles. The number of aldehydes is 1. The maximum atomic E-state index is 11.0. The van der Waals surface area contributed by atoms with E-state index in [1.54, 1.807) is 6.08 Å². The number of allylic oxidation sites excluding steroid dienone is 6. The van der Waals surface area contributed by atoms with Crippen molar-refractivity contribution in [3.63, 3.8) is 0 Å². The first-order valence-corrected chi connectivity index (χ1v) is 9.47. The van der Waals surface area contributed by atoms with E-state index < -0.39 is 0 Å². The summed E-state index contributed by atoms with van der Waals surface area (Å²) in [7, 11) is 0. The molecule has 1 fully saturated rings. The largest absolute Gasteiger partial charge is 0.384 e. The fourth-order valence-electron chi connectivity index (χ4n) is 4.41. The van der Waals surface area contributed by atoms with Crippen LogP contribution < -0.4 is 5.32 Å². The molecule has 25 heavy (non-hydrogen) atoms. The van der Waals surface area contributed by atoms with E-state index in [2.05, 4.69) is 41.7 Å². The number of benzene rings is 1. The van der Waals surface area contributed by atoms with Gasteiger partial charge in [0.25, 0.3) is 0 Å². The molecule has 0 saturated heterocycles. The maximum Gasteiger partial charge on any atom is 0.143 e. The van der Waals surface area contributed by atoms with E-state index in [1.165, 1.54) is 52.0 Å². The lowest BCUT2D eigenvalue weighted by atomic mass is 9.78. The van der Waals surface area contributed by atoms with Gasteiger partial charge in [-0.25, -0.2) is 0 Å². The van der Waals surface area contributed by atoms with Gasteiger partial charge in [-0.05, 0) is 84.5 Å². The number of nitrogens with one attached hydrogen (secondary N) is 1. The summed E-state index contributed by atoms with van der Waals surface area (Å²) in [6.45, 7) is 0.999. The third kappa shape index (κ3) is 3.26. The molecule has 3 aliphatic rings. The summed E-state index contributed by atoms with van der Waals surface area (Å²) >= 11 is 0. The van der Waals surface area contributed by atoms with Gasteiger partial charge >= 0.3 is 0 Å². The molecule has 0 aromatic heterocycles. The van der Waals surface area contributed by atoms with Crippen molar-refractivity contribution in [2.24, 2.45) is 0 Å². The molecule has 1 saturated carbocycles. The molecule has 0 bridgehead atoms. The van der Waals surface area contributed by atoms with Crippen molar-refractivity contribution in [1.29, 1.82) is 0 Å². The fourth-order valence-corrected chi connectivity index (χ4v) is 4.41. The highest BCUT2D eigenvalue weighted by Gasteiger charge is 2.24. The molecule has 2 nitrogen and oxygen atoms in total. The minimum atomic E-state index is 0.959. The lowest BCUT2D eigenvalue weighted by Crippen LogP contribution is -2.24. The van der Waals surface area contributed by atoms with Crippen molar-refractivity contribution in [2.45, 2.75) is 44.9 Å². The number of carbonyl (C=O) groups is 1. The Hall–Kier alpha value is -2.35. The molecule has 2 aliphatic carbocycles. The molecule has 0 radical (unpaired) electrons. The first kappa shape index (κ1) is 16.1. The van der Waals surface area contributed by atoms with Crippen LogP contribution in [0.3, 0.4) is 0 Å². The predicted molar refractivity (Wildman–Crippen MR) is 103 cm³/mol. The Morgan fingerprint density at radius 3 is 2.56 bits per heavy atom. The highest BCUT2D eigenvalue weighted by molar-refractivity contribution is 5.74. The third-order valence-corrected chi connectivity index (χ3v) is 5.61. The van der Waals surface area contributed by atoms with E-state index in [-0.39, 0.29) is 0 Å². The summed E-state index contributed by atoms with van der Waals surface area (Å²) in [5, 5.41) is 3.62. The van der Waals surface area contributed by atoms with E-state index in [1.807, 2.05) is 0 Å². The second-order valence-electron chi connectivity index (χ2n) is 7.10. The lowest BCUT2D eigenvalue weighted by molar-refractivity contribution is -0.104. The number of carbonyl (C=O) groups excluding carboxylic acids is 1. The molecular formula is C23H25NO. The zero-order valence-electron chi connectivity index (χ0n) is 14.7. The molecule has 1 heterocycles. The summed E-state index contributed by atoms with van der Waals surface area (Å²) in [5.74, 6) is 0. The summed E-state index contributed by atoms with van der Waals surface area (Å²) in [6.07, 6.45) is 13.1. The highest BCUT2D eigenvalue weighted by Crippen LogP contribution is 2.40. The summed E-state index contributed by atoms with van der Waals surface area (Å²) in [5.41, 5.74) is 9.78. The standard InChI is InChI=1S/C23H25NO/c25-15-13-17-6-4-5-9-21(17)19-10-11-22-20(16-19)12-14-24-23(22)18-7-2-1-3-8-18/h1-3,7-8,13,15-16,24H,4-6,9-12,14H2. The van der Waals surface area contributed by atoms with Crippen molar-refractivity contribution in [2.75, 3.05) is 6.54 Å². The number of fused-ring (bicyclic) bond motifs is 1. The number of rotatable bonds is 2. The van der Waals surface area contributed by atoms with Crippen molar-refractivity contribution in [1.82, 2.24) is 5.32 Å². The molecule has 0 amide bonds. The molecule has 128 valence electrons. The van der Waals surface area contributed by atoms with Crippen LogP contribution in [0.25, 0.3) is 5.70 Å². The quantitative estimate of drug-likeness (QED) is 0.603. The van der Waals surface area contributed by atoms with Crippen LogP contribution in [-0.4, -0.2) is 12.8 Å². The molecule has 2 heteroatoms. The van der Waals surface area contributed by atoms with Crippen LogP contribution in [0.15, 0.2) is 70.3 Å². The molecule has 1 N–H and O–H groups in total. The van der Waals surface area contributed by atoms with Crippen molar-refractivity contribution >= 4 is 12.0 Å². The number of hydrogen-bond donors (Lipinski definition) is 1. The molecular weight excluding hydrogens is 306 g/mol. The van der Waals surface area contributed by atoms with Crippen molar-refractivity contribution in [3.05, 3.63) is 75.9 Å². The Morgan fingerprint density at radius 1 is 0.880 bits per heavy atom. The predicted octanol–water partition coefficient (Wildman–Crippen LogP) is 5.11. The Kier molecular flexibility index (Phi) is 4.69. The second-order valence-corrected chi connectivity index (χ2v) is 7.10. The van der Waals surface area contributed by atoms with Crippen molar-refractivity contribution < 1.29 is 4.79 Å². The van der Waals surface area contributed by atoms with Crippen molar-refractivity contribution in [3.8, 4) is 0 Å². The van der Waals surface area contributed by atoms with Gasteiger partial charge in [0.1, 0.15) is 6.29 Å². The lowest BCUT2D eigenvalue weighted by Gasteiger charge is -2.30. The summed E-state index contributed by atoms with van der Waals surface area (Å²) in [6, 6.07) is 10.7. The first-order chi connectivity index (χ1) is 12.4. The van der Waals surface area contributed by atoms with Gasteiger partial charge in [0.05, 0.1) is 0 Å². The average Bonchev–Trinajstić information content (AvgIpc) is 2.68. The topological polar surface area (TPSA) is 29.1 Å². The molecule has 4 rings (SSSR count). The van der Waals surface area contributed by atoms with Gasteiger partial charge in [-0.2, -0.15) is 0 Å². The molecule has 1 aliphatic heterocycles. The van der Waals surface area contributed by atoms with E-state index in [0.717, 1.165) is 44.9 Å². The Balaban J connectivity index is 1.75. The molecule has 0 atom stereocenters. The van der Waals surface area contributed by atoms with Gasteiger partial charge in [-0.1, -0.05) is 36.4 Å². The first-order valence-electron chi connectivity index (χ1n) is 9.47. The van der Waals surface area contributed by atoms with Gasteiger partial charge in [0.2, 0.25) is 0 Å². The highest BCUT2D eigenvalue weighted by atomic mass is 16.1. The van der Waals surface area contributed by atoms with Crippen LogP contribution in [0.1, 0.15) is 50.5 Å². The SMILES string of the molecule is O=CC=C1CCCCC1=C1C=C2CCNC(c3ccccc3)=C2CC1. The number of hydrogen-bond acceptors (Lipinski definition) is 2. The Labute approximate surface area is 150 Å². The smallest absolute Gasteiger partial charge is 0.143 e. The zero-order chi connectivity index (χ0) is 17.1. The van der Waals surface area contributed by atoms with Gasteiger partial charge in [0, 0.05) is 12.2 Å². The average molecular weight is 331 g/mol. The van der Waals surface area contributed by atoms with Gasteiger partial charge in [0.15, 0.2) is 0 Å². The van der Waals surface area contributed by atoms with Crippen LogP contribution in [0.2, 0.25) is 0 Å². The van der Waals surface area contributed by atoms with Crippen LogP contribution in [-0.2, 0) is 4.79 Å². The van der Waals surface area contributed by atoms with Gasteiger partial charge in [-0.3, -0.25) is 4.79 Å². The molecule has 0 unspecified atom stereocenters. The molecule has 0 spiro atoms. The monoisotopic (exact) mass is 331 g/mol. The van der Waals surface area contributed by atoms with Crippen LogP contribution in [0, 0.1) is 0 Å². The van der Waals surface area contributed by atoms with Gasteiger partial charge in [-0.15, -0.1) is 0 Å². The van der Waals surface area contributed by atoms with Crippen LogP contribution in [0.5, 0.6) is 0 Å². The normalized spacial score (nSPS) is 25.3. The summed E-state index contributed by atoms with van der Waals surface area (Å²) < 4.78 is 0. The minimum Gasteiger partial charge on any atom is -0.384 e. The second kappa shape index (κ2) is 7.26. The fraction of sp³-hybridized carbons (Fsp3) is 0.348. The van der Waals surface area contributed by atoms with Gasteiger partial charge < -0.3 is 5.32 Å². The van der Waals surface area contributed by atoms with E-state index in [9.17, 15) is 4.79 Å². The Morgan fingerprint density at radius 2 is 1.72 bits per heavy atom. The minimum absolute atomic E-state index is 0.959. The van der Waals surface area contributed by atoms with E-state index in [0.29, 0.717) is 0 Å². The maximum absolute atomic E-state index is 11.0. The molecule has 1 aromatic rings. The summed E-state index contributed by atoms with van der Waals surface area (Å²) in [4.78, 5) is 11.0. The van der Waals surface area contributed by atoms with Crippen LogP contribution >= 0.6 is 0 Å². The third-order valence-electron chi connectivity index (χ3n) is 5.61. The van der Waals surface area contributed by atoms with E-state index >= 15 is 0 Å². The zero-order valence-corrected chi connectivity index (χ0v) is 14.7. The van der Waals surface area contributed by atoms with E-state index in [4.69, 9.17) is 0 Å². The Bertz CT molecular complexity index is 793.